The van der Waals surface area contributed by atoms with Gasteiger partial charge < -0.3 is 15.2 Å². The number of aryl methyl sites for hydroxylation is 1. The number of aromatic nitrogens is 2. The minimum atomic E-state index is 0.830. The van der Waals surface area contributed by atoms with Crippen LogP contribution in [0.4, 0.5) is 11.4 Å². The summed E-state index contributed by atoms with van der Waals surface area (Å²) in [6.07, 6.45) is 6.93. The number of nitrogens with two attached hydrogens (primary N) is 1. The lowest BCUT2D eigenvalue weighted by atomic mass is 10.2. The van der Waals surface area contributed by atoms with E-state index in [2.05, 4.69) is 31.5 Å². The molecular weight excluding hydrogens is 262 g/mol. The molecule has 1 aliphatic heterocycles. The largest absolute Gasteiger partial charge is 0.399 e. The minimum absolute atomic E-state index is 0.830. The topological polar surface area (TPSA) is 50.3 Å². The number of anilines is 2. The predicted octanol–water partition coefficient (Wildman–Crippen LogP) is 1.68. The summed E-state index contributed by atoms with van der Waals surface area (Å²) in [7, 11) is 0. The third kappa shape index (κ3) is 3.76. The molecule has 5 heteroatoms. The molecule has 2 aromatic rings. The normalized spacial score (nSPS) is 16.3. The Morgan fingerprint density at radius 3 is 2.43 bits per heavy atom. The van der Waals surface area contributed by atoms with Crippen molar-refractivity contribution in [2.75, 3.05) is 43.4 Å². The number of hydrogen-bond acceptors (Lipinski definition) is 4. The van der Waals surface area contributed by atoms with Crippen molar-refractivity contribution in [2.24, 2.45) is 0 Å². The molecule has 1 saturated heterocycles. The van der Waals surface area contributed by atoms with Crippen LogP contribution in [-0.4, -0.2) is 47.2 Å². The lowest BCUT2D eigenvalue weighted by Gasteiger charge is -2.36. The van der Waals surface area contributed by atoms with Gasteiger partial charge in [-0.3, -0.25) is 4.90 Å². The van der Waals surface area contributed by atoms with Crippen molar-refractivity contribution in [3.8, 4) is 0 Å². The van der Waals surface area contributed by atoms with Crippen LogP contribution in [0.1, 0.15) is 6.42 Å². The number of hydrogen-bond donors (Lipinski definition) is 1. The Bertz CT molecular complexity index is 526. The van der Waals surface area contributed by atoms with Gasteiger partial charge in [0.15, 0.2) is 0 Å². The minimum Gasteiger partial charge on any atom is -0.399 e. The van der Waals surface area contributed by atoms with Crippen molar-refractivity contribution in [2.45, 2.75) is 13.0 Å². The number of piperazine rings is 1. The fourth-order valence-electron chi connectivity index (χ4n) is 2.81. The molecule has 0 bridgehead atoms. The molecule has 1 aromatic heterocycles. The molecule has 0 unspecified atom stereocenters. The van der Waals surface area contributed by atoms with Crippen LogP contribution in [0, 0.1) is 0 Å². The first kappa shape index (κ1) is 13.9. The van der Waals surface area contributed by atoms with Crippen molar-refractivity contribution >= 4 is 11.4 Å². The fraction of sp³-hybridized carbons (Fsp3) is 0.438. The zero-order chi connectivity index (χ0) is 14.5. The van der Waals surface area contributed by atoms with E-state index in [1.807, 2.05) is 30.9 Å². The molecule has 1 aliphatic rings. The molecule has 1 fully saturated rings. The van der Waals surface area contributed by atoms with Gasteiger partial charge in [-0.05, 0) is 37.2 Å². The lowest BCUT2D eigenvalue weighted by molar-refractivity contribution is 0.250. The molecule has 2 N–H and O–H groups in total. The molecule has 2 heterocycles. The fourth-order valence-corrected chi connectivity index (χ4v) is 2.81. The zero-order valence-corrected chi connectivity index (χ0v) is 12.4. The van der Waals surface area contributed by atoms with E-state index in [1.54, 1.807) is 0 Å². The van der Waals surface area contributed by atoms with Crippen molar-refractivity contribution in [1.29, 1.82) is 0 Å². The third-order valence-corrected chi connectivity index (χ3v) is 4.08. The van der Waals surface area contributed by atoms with Gasteiger partial charge in [-0.25, -0.2) is 4.98 Å². The summed E-state index contributed by atoms with van der Waals surface area (Å²) in [5.74, 6) is 0. The van der Waals surface area contributed by atoms with Gasteiger partial charge in [0.1, 0.15) is 0 Å². The van der Waals surface area contributed by atoms with Crippen LogP contribution in [0.25, 0.3) is 0 Å². The van der Waals surface area contributed by atoms with Crippen LogP contribution in [0.3, 0.4) is 0 Å². The maximum atomic E-state index is 5.74. The SMILES string of the molecule is Nc1ccc(N2CCN(CCCn3ccnc3)CC2)cc1. The highest BCUT2D eigenvalue weighted by molar-refractivity contribution is 5.53. The summed E-state index contributed by atoms with van der Waals surface area (Å²) in [6, 6.07) is 8.19. The quantitative estimate of drug-likeness (QED) is 0.849. The van der Waals surface area contributed by atoms with Crippen molar-refractivity contribution < 1.29 is 0 Å². The molecule has 0 radical (unpaired) electrons. The molecule has 0 saturated carbocycles. The number of benzene rings is 1. The second kappa shape index (κ2) is 6.63. The molecule has 0 spiro atoms. The van der Waals surface area contributed by atoms with Crippen LogP contribution in [0.5, 0.6) is 0 Å². The van der Waals surface area contributed by atoms with Crippen LogP contribution in [0.15, 0.2) is 43.0 Å². The first-order valence-corrected chi connectivity index (χ1v) is 7.60. The van der Waals surface area contributed by atoms with Gasteiger partial charge in [0.05, 0.1) is 6.33 Å². The van der Waals surface area contributed by atoms with Crippen molar-refractivity contribution in [3.05, 3.63) is 43.0 Å². The molecule has 0 atom stereocenters. The predicted molar refractivity (Wildman–Crippen MR) is 86.4 cm³/mol. The molecule has 112 valence electrons. The average Bonchev–Trinajstić information content (AvgIpc) is 3.02. The molecular formula is C16H23N5. The van der Waals surface area contributed by atoms with E-state index in [0.717, 1.165) is 45.0 Å². The van der Waals surface area contributed by atoms with Gasteiger partial charge in [-0.2, -0.15) is 0 Å². The standard InChI is InChI=1S/C16H23N5/c17-15-2-4-16(5-3-15)21-12-10-19(11-13-21)7-1-8-20-9-6-18-14-20/h2-6,9,14H,1,7-8,10-13,17H2. The van der Waals surface area contributed by atoms with Crippen LogP contribution in [0.2, 0.25) is 0 Å². The van der Waals surface area contributed by atoms with E-state index in [-0.39, 0.29) is 0 Å². The lowest BCUT2D eigenvalue weighted by Crippen LogP contribution is -2.46. The Hall–Kier alpha value is -2.01. The van der Waals surface area contributed by atoms with Crippen molar-refractivity contribution in [1.82, 2.24) is 14.5 Å². The smallest absolute Gasteiger partial charge is 0.0945 e. The highest BCUT2D eigenvalue weighted by Crippen LogP contribution is 2.18. The second-order valence-corrected chi connectivity index (χ2v) is 5.57. The summed E-state index contributed by atoms with van der Waals surface area (Å²) in [4.78, 5) is 9.05. The van der Waals surface area contributed by atoms with Crippen LogP contribution in [-0.2, 0) is 6.54 Å². The number of rotatable bonds is 5. The van der Waals surface area contributed by atoms with Gasteiger partial charge >= 0.3 is 0 Å². The Kier molecular flexibility index (Phi) is 4.40. The third-order valence-electron chi connectivity index (χ3n) is 4.08. The van der Waals surface area contributed by atoms with E-state index < -0.39 is 0 Å². The van der Waals surface area contributed by atoms with Gasteiger partial charge in [0.25, 0.3) is 0 Å². The van der Waals surface area contributed by atoms with Gasteiger partial charge in [0.2, 0.25) is 0 Å². The second-order valence-electron chi connectivity index (χ2n) is 5.57. The summed E-state index contributed by atoms with van der Waals surface area (Å²) < 4.78 is 2.14. The maximum absolute atomic E-state index is 5.74. The molecule has 1 aromatic carbocycles. The van der Waals surface area contributed by atoms with E-state index in [0.29, 0.717) is 0 Å². The van der Waals surface area contributed by atoms with Gasteiger partial charge in [-0.1, -0.05) is 0 Å². The average molecular weight is 285 g/mol. The summed E-state index contributed by atoms with van der Waals surface area (Å²) >= 11 is 0. The van der Waals surface area contributed by atoms with Crippen molar-refractivity contribution in [3.63, 3.8) is 0 Å². The highest BCUT2D eigenvalue weighted by atomic mass is 15.3. The van der Waals surface area contributed by atoms with Gasteiger partial charge in [-0.15, -0.1) is 0 Å². The van der Waals surface area contributed by atoms with Gasteiger partial charge in [0, 0.05) is 56.5 Å². The molecule has 5 nitrogen and oxygen atoms in total. The van der Waals surface area contributed by atoms with E-state index in [1.165, 1.54) is 12.1 Å². The Morgan fingerprint density at radius 2 is 1.76 bits per heavy atom. The summed E-state index contributed by atoms with van der Waals surface area (Å²) in [5.41, 5.74) is 7.85. The molecule has 0 aliphatic carbocycles. The Morgan fingerprint density at radius 1 is 1.00 bits per heavy atom. The first-order chi connectivity index (χ1) is 10.3. The highest BCUT2D eigenvalue weighted by Gasteiger charge is 2.16. The summed E-state index contributed by atoms with van der Waals surface area (Å²) in [5, 5.41) is 0. The summed E-state index contributed by atoms with van der Waals surface area (Å²) in [6.45, 7) is 6.67. The van der Waals surface area contributed by atoms with E-state index in [4.69, 9.17) is 5.73 Å². The first-order valence-electron chi connectivity index (χ1n) is 7.60. The van der Waals surface area contributed by atoms with E-state index >= 15 is 0 Å². The van der Waals surface area contributed by atoms with Crippen LogP contribution < -0.4 is 10.6 Å². The molecule has 21 heavy (non-hydrogen) atoms. The monoisotopic (exact) mass is 285 g/mol. The Balaban J connectivity index is 1.41. The Labute approximate surface area is 126 Å². The van der Waals surface area contributed by atoms with Crippen LogP contribution >= 0.6 is 0 Å². The zero-order valence-electron chi connectivity index (χ0n) is 12.4. The number of nitrogens with zero attached hydrogens (tertiary/aromatic N) is 4. The molecule has 0 amide bonds. The molecule has 3 rings (SSSR count). The maximum Gasteiger partial charge on any atom is 0.0945 e. The number of nitrogen functional groups attached to an aromatic ring is 1. The number of imidazole rings is 1. The van der Waals surface area contributed by atoms with E-state index in [9.17, 15) is 0 Å².